The van der Waals surface area contributed by atoms with Crippen molar-refractivity contribution in [2.24, 2.45) is 5.92 Å². The smallest absolute Gasteiger partial charge is 0.225 e. The summed E-state index contributed by atoms with van der Waals surface area (Å²) in [5, 5.41) is 6.33. The van der Waals surface area contributed by atoms with E-state index in [0.29, 0.717) is 6.61 Å². The van der Waals surface area contributed by atoms with Gasteiger partial charge in [0.15, 0.2) is 0 Å². The van der Waals surface area contributed by atoms with Crippen LogP contribution in [0.1, 0.15) is 13.3 Å². The molecule has 98 valence electrons. The molecule has 2 fully saturated rings. The van der Waals surface area contributed by atoms with Gasteiger partial charge >= 0.3 is 0 Å². The van der Waals surface area contributed by atoms with Crippen LogP contribution in [0.2, 0.25) is 0 Å². The van der Waals surface area contributed by atoms with Crippen molar-refractivity contribution in [1.29, 1.82) is 0 Å². The Hall–Kier alpha value is -0.650. The number of ether oxygens (including phenoxy) is 1. The molecule has 2 saturated heterocycles. The summed E-state index contributed by atoms with van der Waals surface area (Å²) < 4.78 is 5.40. The summed E-state index contributed by atoms with van der Waals surface area (Å²) in [5.74, 6) is 0.220. The van der Waals surface area contributed by atoms with Crippen LogP contribution in [-0.4, -0.2) is 62.8 Å². The largest absolute Gasteiger partial charge is 0.378 e. The quantitative estimate of drug-likeness (QED) is 0.692. The second-order valence-corrected chi connectivity index (χ2v) is 4.96. The summed E-state index contributed by atoms with van der Waals surface area (Å²) in [6.45, 7) is 8.59. The van der Waals surface area contributed by atoms with E-state index in [-0.39, 0.29) is 17.9 Å². The lowest BCUT2D eigenvalue weighted by atomic mass is 10.1. The molecule has 5 heteroatoms. The van der Waals surface area contributed by atoms with Crippen LogP contribution in [0.25, 0.3) is 0 Å². The van der Waals surface area contributed by atoms with E-state index >= 15 is 0 Å². The van der Waals surface area contributed by atoms with Crippen molar-refractivity contribution in [1.82, 2.24) is 15.5 Å². The number of piperazine rings is 1. The second kappa shape index (κ2) is 6.33. The van der Waals surface area contributed by atoms with Gasteiger partial charge in [-0.1, -0.05) is 0 Å². The monoisotopic (exact) mass is 241 g/mol. The third kappa shape index (κ3) is 3.94. The number of carbonyl (C=O) groups is 1. The average molecular weight is 241 g/mol. The Balaban J connectivity index is 1.59. The molecule has 0 aromatic carbocycles. The lowest BCUT2D eigenvalue weighted by Crippen LogP contribution is -2.46. The zero-order chi connectivity index (χ0) is 12.1. The van der Waals surface area contributed by atoms with Gasteiger partial charge in [-0.3, -0.25) is 9.69 Å². The molecule has 0 bridgehead atoms. The van der Waals surface area contributed by atoms with Gasteiger partial charge in [0.25, 0.3) is 0 Å². The van der Waals surface area contributed by atoms with Gasteiger partial charge < -0.3 is 15.4 Å². The average Bonchev–Trinajstić information content (AvgIpc) is 2.77. The summed E-state index contributed by atoms with van der Waals surface area (Å²) in [7, 11) is 0. The van der Waals surface area contributed by atoms with E-state index in [1.54, 1.807) is 0 Å². The third-order valence-corrected chi connectivity index (χ3v) is 3.51. The minimum Gasteiger partial charge on any atom is -0.378 e. The number of hydrogen-bond donors (Lipinski definition) is 2. The Labute approximate surface area is 103 Å². The number of nitrogens with zero attached hydrogens (tertiary/aromatic N) is 1. The van der Waals surface area contributed by atoms with E-state index in [1.807, 2.05) is 6.92 Å². The Morgan fingerprint density at radius 3 is 2.88 bits per heavy atom. The summed E-state index contributed by atoms with van der Waals surface area (Å²) in [6.07, 6.45) is 1.10. The van der Waals surface area contributed by atoms with Gasteiger partial charge in [0.1, 0.15) is 0 Å². The van der Waals surface area contributed by atoms with Crippen molar-refractivity contribution in [3.63, 3.8) is 0 Å². The van der Waals surface area contributed by atoms with E-state index in [0.717, 1.165) is 45.7 Å². The second-order valence-electron chi connectivity index (χ2n) is 4.96. The van der Waals surface area contributed by atoms with Crippen molar-refractivity contribution in [2.75, 3.05) is 45.9 Å². The van der Waals surface area contributed by atoms with Crippen molar-refractivity contribution in [3.8, 4) is 0 Å². The van der Waals surface area contributed by atoms with Gasteiger partial charge in [-0.2, -0.15) is 0 Å². The fourth-order valence-electron chi connectivity index (χ4n) is 2.42. The fraction of sp³-hybridized carbons (Fsp3) is 0.917. The predicted molar refractivity (Wildman–Crippen MR) is 65.8 cm³/mol. The molecule has 0 saturated carbocycles. The lowest BCUT2D eigenvalue weighted by molar-refractivity contribution is -0.125. The maximum atomic E-state index is 11.8. The molecule has 5 nitrogen and oxygen atoms in total. The standard InChI is InChI=1S/C12H23N3O2/c1-10-8-11(9-17-10)12(16)14-4-7-15-5-2-13-3-6-15/h10-11,13H,2-9H2,1H3,(H,14,16). The van der Waals surface area contributed by atoms with E-state index in [2.05, 4.69) is 15.5 Å². The number of amides is 1. The first-order valence-corrected chi connectivity index (χ1v) is 6.58. The van der Waals surface area contributed by atoms with Crippen LogP contribution in [0, 0.1) is 5.92 Å². The molecule has 0 aliphatic carbocycles. The fourth-order valence-corrected chi connectivity index (χ4v) is 2.42. The van der Waals surface area contributed by atoms with Crippen LogP contribution in [0.15, 0.2) is 0 Å². The Morgan fingerprint density at radius 1 is 1.47 bits per heavy atom. The van der Waals surface area contributed by atoms with Crippen LogP contribution in [-0.2, 0) is 9.53 Å². The van der Waals surface area contributed by atoms with Gasteiger partial charge in [-0.25, -0.2) is 0 Å². The molecule has 2 heterocycles. The summed E-state index contributed by atoms with van der Waals surface area (Å²) in [5.41, 5.74) is 0. The Morgan fingerprint density at radius 2 is 2.24 bits per heavy atom. The zero-order valence-corrected chi connectivity index (χ0v) is 10.6. The van der Waals surface area contributed by atoms with Crippen LogP contribution in [0.3, 0.4) is 0 Å². The Kier molecular flexibility index (Phi) is 4.76. The van der Waals surface area contributed by atoms with Gasteiger partial charge in [0.2, 0.25) is 5.91 Å². The van der Waals surface area contributed by atoms with Crippen molar-refractivity contribution in [2.45, 2.75) is 19.4 Å². The SMILES string of the molecule is CC1CC(C(=O)NCCN2CCNCC2)CO1. The molecule has 17 heavy (non-hydrogen) atoms. The van der Waals surface area contributed by atoms with Crippen LogP contribution < -0.4 is 10.6 Å². The molecule has 2 atom stereocenters. The molecule has 0 aromatic rings. The number of nitrogens with one attached hydrogen (secondary N) is 2. The van der Waals surface area contributed by atoms with Gasteiger partial charge in [0, 0.05) is 39.3 Å². The first kappa shape index (κ1) is 12.8. The van der Waals surface area contributed by atoms with Crippen molar-refractivity contribution < 1.29 is 9.53 Å². The molecule has 2 N–H and O–H groups in total. The molecule has 1 amide bonds. The molecule has 2 rings (SSSR count). The van der Waals surface area contributed by atoms with Crippen LogP contribution in [0.5, 0.6) is 0 Å². The minimum atomic E-state index is 0.0630. The topological polar surface area (TPSA) is 53.6 Å². The minimum absolute atomic E-state index is 0.0630. The van der Waals surface area contributed by atoms with Gasteiger partial charge in [-0.05, 0) is 13.3 Å². The molecular formula is C12H23N3O2. The van der Waals surface area contributed by atoms with Crippen molar-refractivity contribution >= 4 is 5.91 Å². The predicted octanol–water partition coefficient (Wildman–Crippen LogP) is -0.567. The molecular weight excluding hydrogens is 218 g/mol. The Bertz CT molecular complexity index is 254. The highest BCUT2D eigenvalue weighted by Crippen LogP contribution is 2.18. The first-order valence-electron chi connectivity index (χ1n) is 6.58. The highest BCUT2D eigenvalue weighted by Gasteiger charge is 2.27. The zero-order valence-electron chi connectivity index (χ0n) is 10.6. The summed E-state index contributed by atoms with van der Waals surface area (Å²) in [4.78, 5) is 14.2. The number of hydrogen-bond acceptors (Lipinski definition) is 4. The third-order valence-electron chi connectivity index (χ3n) is 3.51. The lowest BCUT2D eigenvalue weighted by Gasteiger charge is -2.27. The van der Waals surface area contributed by atoms with Crippen LogP contribution in [0.4, 0.5) is 0 Å². The van der Waals surface area contributed by atoms with E-state index in [4.69, 9.17) is 4.74 Å². The normalized spacial score (nSPS) is 30.4. The number of carbonyl (C=O) groups excluding carboxylic acids is 1. The number of rotatable bonds is 4. The molecule has 2 unspecified atom stereocenters. The highest BCUT2D eigenvalue weighted by molar-refractivity contribution is 5.79. The first-order chi connectivity index (χ1) is 8.25. The maximum absolute atomic E-state index is 11.8. The molecule has 0 aromatic heterocycles. The summed E-state index contributed by atoms with van der Waals surface area (Å²) >= 11 is 0. The van der Waals surface area contributed by atoms with Crippen molar-refractivity contribution in [3.05, 3.63) is 0 Å². The van der Waals surface area contributed by atoms with Gasteiger partial charge in [0.05, 0.1) is 18.6 Å². The van der Waals surface area contributed by atoms with E-state index < -0.39 is 0 Å². The molecule has 2 aliphatic rings. The van der Waals surface area contributed by atoms with E-state index in [1.165, 1.54) is 0 Å². The molecule has 0 radical (unpaired) electrons. The van der Waals surface area contributed by atoms with Gasteiger partial charge in [-0.15, -0.1) is 0 Å². The van der Waals surface area contributed by atoms with E-state index in [9.17, 15) is 4.79 Å². The molecule has 0 spiro atoms. The maximum Gasteiger partial charge on any atom is 0.225 e. The summed E-state index contributed by atoms with van der Waals surface area (Å²) in [6, 6.07) is 0. The molecule has 2 aliphatic heterocycles. The van der Waals surface area contributed by atoms with Crippen LogP contribution >= 0.6 is 0 Å². The highest BCUT2D eigenvalue weighted by atomic mass is 16.5.